The summed E-state index contributed by atoms with van der Waals surface area (Å²) in [7, 11) is 0. The Balaban J connectivity index is 2.46. The molecule has 92 valence electrons. The summed E-state index contributed by atoms with van der Waals surface area (Å²) in [4.78, 5) is 0. The Hall–Kier alpha value is -1.84. The molecule has 1 aliphatic rings. The smallest absolute Gasteiger partial charge is 0.145 e. The van der Waals surface area contributed by atoms with E-state index in [9.17, 15) is 10.5 Å². The van der Waals surface area contributed by atoms with Gasteiger partial charge in [0.15, 0.2) is 0 Å². The molecular weight excluding hydrogens is 224 g/mol. The van der Waals surface area contributed by atoms with Crippen molar-refractivity contribution in [1.29, 1.82) is 10.5 Å². The van der Waals surface area contributed by atoms with Gasteiger partial charge in [-0.25, -0.2) is 0 Å². The van der Waals surface area contributed by atoms with Gasteiger partial charge in [0.25, 0.3) is 0 Å². The molecule has 0 N–H and O–H groups in total. The van der Waals surface area contributed by atoms with Crippen molar-refractivity contribution < 1.29 is 4.74 Å². The predicted molar refractivity (Wildman–Crippen MR) is 67.5 cm³/mol. The number of hydrogen-bond donors (Lipinski definition) is 0. The van der Waals surface area contributed by atoms with Gasteiger partial charge in [0.1, 0.15) is 5.92 Å². The van der Waals surface area contributed by atoms with Gasteiger partial charge >= 0.3 is 0 Å². The van der Waals surface area contributed by atoms with Crippen molar-refractivity contribution in [3.63, 3.8) is 0 Å². The van der Waals surface area contributed by atoms with Crippen LogP contribution in [0.25, 0.3) is 0 Å². The third-order valence-corrected chi connectivity index (χ3v) is 3.85. The summed E-state index contributed by atoms with van der Waals surface area (Å²) in [5, 5.41) is 18.5. The topological polar surface area (TPSA) is 56.8 Å². The Labute approximate surface area is 108 Å². The Morgan fingerprint density at radius 3 is 2.44 bits per heavy atom. The molecule has 0 amide bonds. The minimum Gasteiger partial charge on any atom is -0.377 e. The molecule has 3 nitrogen and oxygen atoms in total. The first-order valence-corrected chi connectivity index (χ1v) is 6.20. The van der Waals surface area contributed by atoms with Crippen LogP contribution in [-0.2, 0) is 10.2 Å². The maximum absolute atomic E-state index is 9.26. The molecular formula is C15H16N2O. The third kappa shape index (κ3) is 1.98. The summed E-state index contributed by atoms with van der Waals surface area (Å²) >= 11 is 0. The van der Waals surface area contributed by atoms with Crippen LogP contribution in [0.1, 0.15) is 25.3 Å². The molecule has 1 saturated heterocycles. The molecule has 1 aromatic carbocycles. The Morgan fingerprint density at radius 2 is 1.94 bits per heavy atom. The van der Waals surface area contributed by atoms with Gasteiger partial charge in [-0.3, -0.25) is 0 Å². The van der Waals surface area contributed by atoms with Gasteiger partial charge < -0.3 is 4.74 Å². The molecule has 2 atom stereocenters. The van der Waals surface area contributed by atoms with Gasteiger partial charge in [0.05, 0.1) is 18.2 Å². The normalized spacial score (nSPS) is 22.1. The molecule has 3 heteroatoms. The van der Waals surface area contributed by atoms with Crippen LogP contribution in [0.3, 0.4) is 0 Å². The average molecular weight is 240 g/mol. The SMILES string of the molecule is CC(c1ccccc1)(C(C#N)C#N)C1CCCO1. The van der Waals surface area contributed by atoms with Gasteiger partial charge in [0.2, 0.25) is 0 Å². The first-order valence-electron chi connectivity index (χ1n) is 6.20. The monoisotopic (exact) mass is 240 g/mol. The number of rotatable bonds is 3. The van der Waals surface area contributed by atoms with Crippen molar-refractivity contribution in [2.75, 3.05) is 6.61 Å². The van der Waals surface area contributed by atoms with Crippen LogP contribution in [0.2, 0.25) is 0 Å². The zero-order chi connectivity index (χ0) is 13.0. The standard InChI is InChI=1S/C15H16N2O/c1-15(13(10-16)11-17,14-8-5-9-18-14)12-6-3-2-4-7-12/h2-4,6-7,13-14H,5,8-9H2,1H3. The van der Waals surface area contributed by atoms with E-state index in [1.165, 1.54) is 0 Å². The van der Waals surface area contributed by atoms with Crippen molar-refractivity contribution >= 4 is 0 Å². The summed E-state index contributed by atoms with van der Waals surface area (Å²) < 4.78 is 5.75. The van der Waals surface area contributed by atoms with Gasteiger partial charge in [-0.1, -0.05) is 37.3 Å². The highest BCUT2D eigenvalue weighted by molar-refractivity contribution is 5.33. The van der Waals surface area contributed by atoms with Crippen LogP contribution < -0.4 is 0 Å². The van der Waals surface area contributed by atoms with E-state index in [0.29, 0.717) is 0 Å². The molecule has 1 aromatic rings. The average Bonchev–Trinajstić information content (AvgIpc) is 2.95. The van der Waals surface area contributed by atoms with Crippen LogP contribution in [-0.4, -0.2) is 12.7 Å². The first-order chi connectivity index (χ1) is 8.73. The number of hydrogen-bond acceptors (Lipinski definition) is 3. The van der Waals surface area contributed by atoms with Crippen molar-refractivity contribution in [3.05, 3.63) is 35.9 Å². The zero-order valence-electron chi connectivity index (χ0n) is 10.5. The highest BCUT2D eigenvalue weighted by Gasteiger charge is 2.45. The van der Waals surface area contributed by atoms with E-state index < -0.39 is 11.3 Å². The van der Waals surface area contributed by atoms with Gasteiger partial charge in [-0.2, -0.15) is 10.5 Å². The van der Waals surface area contributed by atoms with Gasteiger partial charge in [-0.15, -0.1) is 0 Å². The fourth-order valence-electron chi connectivity index (χ4n) is 2.68. The number of nitriles is 2. The lowest BCUT2D eigenvalue weighted by molar-refractivity contribution is 0.0407. The van der Waals surface area contributed by atoms with E-state index in [4.69, 9.17) is 4.74 Å². The van der Waals surface area contributed by atoms with Crippen LogP contribution in [0, 0.1) is 28.6 Å². The van der Waals surface area contributed by atoms with Gasteiger partial charge in [0, 0.05) is 12.0 Å². The van der Waals surface area contributed by atoms with Crippen molar-refractivity contribution in [1.82, 2.24) is 0 Å². The molecule has 2 unspecified atom stereocenters. The molecule has 2 rings (SSSR count). The Morgan fingerprint density at radius 1 is 1.28 bits per heavy atom. The third-order valence-electron chi connectivity index (χ3n) is 3.85. The van der Waals surface area contributed by atoms with Gasteiger partial charge in [-0.05, 0) is 18.4 Å². The lowest BCUT2D eigenvalue weighted by atomic mass is 9.68. The summed E-state index contributed by atoms with van der Waals surface area (Å²) in [5.74, 6) is -0.692. The largest absolute Gasteiger partial charge is 0.377 e. The fourth-order valence-corrected chi connectivity index (χ4v) is 2.68. The van der Waals surface area contributed by atoms with Crippen molar-refractivity contribution in [3.8, 4) is 12.1 Å². The number of nitrogens with zero attached hydrogens (tertiary/aromatic N) is 2. The highest BCUT2D eigenvalue weighted by atomic mass is 16.5. The van der Waals surface area contributed by atoms with Crippen LogP contribution in [0.5, 0.6) is 0 Å². The number of ether oxygens (including phenoxy) is 1. The van der Waals surface area contributed by atoms with E-state index in [-0.39, 0.29) is 6.10 Å². The lowest BCUT2D eigenvalue weighted by Gasteiger charge is -2.36. The molecule has 0 saturated carbocycles. The molecule has 0 spiro atoms. The molecule has 0 aliphatic carbocycles. The lowest BCUT2D eigenvalue weighted by Crippen LogP contribution is -2.42. The molecule has 1 aliphatic heterocycles. The maximum Gasteiger partial charge on any atom is 0.145 e. The second-order valence-corrected chi connectivity index (χ2v) is 4.84. The molecule has 0 bridgehead atoms. The predicted octanol–water partition coefficient (Wildman–Crippen LogP) is 2.79. The molecule has 1 fully saturated rings. The minimum absolute atomic E-state index is 0.0517. The summed E-state index contributed by atoms with van der Waals surface area (Å²) in [6, 6.07) is 14.0. The van der Waals surface area contributed by atoms with E-state index in [2.05, 4.69) is 12.1 Å². The van der Waals surface area contributed by atoms with E-state index in [1.807, 2.05) is 37.3 Å². The fraction of sp³-hybridized carbons (Fsp3) is 0.467. The summed E-state index contributed by atoms with van der Waals surface area (Å²) in [6.07, 6.45) is 1.85. The van der Waals surface area contributed by atoms with E-state index in [1.54, 1.807) is 0 Å². The quantitative estimate of drug-likeness (QED) is 0.816. The van der Waals surface area contributed by atoms with E-state index >= 15 is 0 Å². The second kappa shape index (κ2) is 5.21. The second-order valence-electron chi connectivity index (χ2n) is 4.84. The number of benzene rings is 1. The molecule has 18 heavy (non-hydrogen) atoms. The maximum atomic E-state index is 9.26. The van der Waals surface area contributed by atoms with E-state index in [0.717, 1.165) is 25.0 Å². The summed E-state index contributed by atoms with van der Waals surface area (Å²) in [6.45, 7) is 2.69. The van der Waals surface area contributed by atoms with Crippen LogP contribution in [0.4, 0.5) is 0 Å². The Bertz CT molecular complexity index is 465. The molecule has 1 heterocycles. The first kappa shape index (κ1) is 12.6. The Kier molecular flexibility index (Phi) is 3.65. The molecule has 0 aromatic heterocycles. The highest BCUT2D eigenvalue weighted by Crippen LogP contribution is 2.40. The molecule has 0 radical (unpaired) electrons. The summed E-state index contributed by atoms with van der Waals surface area (Å²) in [5.41, 5.74) is 0.450. The minimum atomic E-state index is -0.692. The van der Waals surface area contributed by atoms with Crippen molar-refractivity contribution in [2.24, 2.45) is 5.92 Å². The van der Waals surface area contributed by atoms with Crippen molar-refractivity contribution in [2.45, 2.75) is 31.3 Å². The zero-order valence-corrected chi connectivity index (χ0v) is 10.5. The van der Waals surface area contributed by atoms with Crippen LogP contribution >= 0.6 is 0 Å². The van der Waals surface area contributed by atoms with Crippen LogP contribution in [0.15, 0.2) is 30.3 Å².